The summed E-state index contributed by atoms with van der Waals surface area (Å²) < 4.78 is 107. The van der Waals surface area contributed by atoms with Crippen LogP contribution in [0, 0.1) is 11.7 Å². The van der Waals surface area contributed by atoms with Crippen LogP contribution in [0.4, 0.5) is 30.7 Å². The van der Waals surface area contributed by atoms with Gasteiger partial charge in [0.2, 0.25) is 0 Å². The Bertz CT molecular complexity index is 1230. The van der Waals surface area contributed by atoms with Crippen molar-refractivity contribution >= 4 is 5.97 Å². The van der Waals surface area contributed by atoms with Crippen molar-refractivity contribution in [2.24, 2.45) is 5.92 Å². The molecular formula is C32H38F7NO3. The van der Waals surface area contributed by atoms with Gasteiger partial charge in [0.05, 0.1) is 23.3 Å². The fourth-order valence-corrected chi connectivity index (χ4v) is 6.28. The van der Waals surface area contributed by atoms with Crippen molar-refractivity contribution in [3.05, 3.63) is 70.5 Å². The van der Waals surface area contributed by atoms with Gasteiger partial charge >= 0.3 is 18.3 Å². The average Bonchev–Trinajstić information content (AvgIpc) is 3.54. The zero-order valence-electron chi connectivity index (χ0n) is 24.7. The molecule has 2 aromatic carbocycles. The number of esters is 1. The molecule has 1 unspecified atom stereocenters. The second-order valence-electron chi connectivity index (χ2n) is 12.7. The highest BCUT2D eigenvalue weighted by molar-refractivity contribution is 5.81. The molecule has 2 aromatic rings. The zero-order chi connectivity index (χ0) is 31.8. The monoisotopic (exact) mass is 617 g/mol. The summed E-state index contributed by atoms with van der Waals surface area (Å²) in [4.78, 5) is 13.2. The largest absolute Gasteiger partial charge is 0.459 e. The number of halogens is 7. The summed E-state index contributed by atoms with van der Waals surface area (Å²) in [7, 11) is 0. The van der Waals surface area contributed by atoms with E-state index in [1.165, 1.54) is 19.1 Å². The molecule has 0 aliphatic heterocycles. The summed E-state index contributed by atoms with van der Waals surface area (Å²) in [5.74, 6) is -1.21. The van der Waals surface area contributed by atoms with E-state index in [0.29, 0.717) is 44.4 Å². The van der Waals surface area contributed by atoms with Crippen LogP contribution in [0.2, 0.25) is 0 Å². The summed E-state index contributed by atoms with van der Waals surface area (Å²) in [6.07, 6.45) is -7.56. The summed E-state index contributed by atoms with van der Waals surface area (Å²) in [6.45, 7) is 7.25. The smallest absolute Gasteiger partial charge is 0.416 e. The van der Waals surface area contributed by atoms with Crippen molar-refractivity contribution in [3.8, 4) is 0 Å². The topological polar surface area (TPSA) is 47.6 Å². The summed E-state index contributed by atoms with van der Waals surface area (Å²) >= 11 is 0. The Kier molecular flexibility index (Phi) is 9.57. The van der Waals surface area contributed by atoms with Crippen molar-refractivity contribution in [2.45, 2.75) is 108 Å². The van der Waals surface area contributed by atoms with Gasteiger partial charge in [0.15, 0.2) is 0 Å². The second-order valence-corrected chi connectivity index (χ2v) is 12.7. The number of benzene rings is 2. The van der Waals surface area contributed by atoms with Crippen LogP contribution in [0.5, 0.6) is 0 Å². The van der Waals surface area contributed by atoms with E-state index in [9.17, 15) is 35.5 Å². The standard InChI is InChI=1S/C32H38F7NO3/c1-19(22-15-23(31(34,35)36)17-24(16-22)32(37,38)39)42-26-12-9-21(27(26)20-7-10-25(33)11-8-20)18-40-30(13-5-6-14-30)28(41)43-29(2,3)4/h7-8,10-11,15-17,19,21,26-27,40H,5-6,9,12-14,18H2,1-4H3/t19?,21-,26-,27-/m0/s1. The zero-order valence-corrected chi connectivity index (χ0v) is 24.7. The lowest BCUT2D eigenvalue weighted by atomic mass is 9.86. The molecular weight excluding hydrogens is 579 g/mol. The molecule has 0 bridgehead atoms. The maximum atomic E-state index is 13.8. The Hall–Kier alpha value is -2.66. The van der Waals surface area contributed by atoms with Crippen LogP contribution in [0.3, 0.4) is 0 Å². The Morgan fingerprint density at radius 1 is 0.930 bits per heavy atom. The van der Waals surface area contributed by atoms with E-state index in [-0.39, 0.29) is 29.4 Å². The van der Waals surface area contributed by atoms with Gasteiger partial charge in [-0.2, -0.15) is 26.3 Å². The maximum absolute atomic E-state index is 13.8. The third kappa shape index (κ3) is 8.09. The third-order valence-electron chi connectivity index (χ3n) is 8.39. The number of nitrogens with one attached hydrogen (secondary N) is 1. The van der Waals surface area contributed by atoms with E-state index in [2.05, 4.69) is 5.32 Å². The van der Waals surface area contributed by atoms with Gasteiger partial charge in [0.25, 0.3) is 0 Å². The first-order chi connectivity index (χ1) is 19.9. The van der Waals surface area contributed by atoms with Crippen molar-refractivity contribution in [1.29, 1.82) is 0 Å². The van der Waals surface area contributed by atoms with Crippen LogP contribution in [-0.4, -0.2) is 29.8 Å². The number of hydrogen-bond donors (Lipinski definition) is 1. The van der Waals surface area contributed by atoms with Crippen molar-refractivity contribution in [2.75, 3.05) is 6.54 Å². The van der Waals surface area contributed by atoms with Crippen LogP contribution in [0.25, 0.3) is 0 Å². The molecule has 0 radical (unpaired) electrons. The first-order valence-corrected chi connectivity index (χ1v) is 14.6. The van der Waals surface area contributed by atoms with E-state index in [1.807, 2.05) is 0 Å². The molecule has 4 nitrogen and oxygen atoms in total. The number of rotatable bonds is 8. The number of hydrogen-bond acceptors (Lipinski definition) is 4. The Labute approximate surface area is 247 Å². The van der Waals surface area contributed by atoms with E-state index in [0.717, 1.165) is 18.4 Å². The molecule has 2 fully saturated rings. The van der Waals surface area contributed by atoms with Crippen LogP contribution in [-0.2, 0) is 26.6 Å². The van der Waals surface area contributed by atoms with E-state index in [4.69, 9.17) is 9.47 Å². The fourth-order valence-electron chi connectivity index (χ4n) is 6.28. The van der Waals surface area contributed by atoms with Gasteiger partial charge < -0.3 is 14.8 Å². The SMILES string of the molecule is CC(O[C@H]1CC[C@@H](CNC2(C(=O)OC(C)(C)C)CCCC2)[C@@H]1c1ccc(F)cc1)c1cc(C(F)(F)F)cc(C(F)(F)F)c1. The normalized spacial score (nSPS) is 23.4. The molecule has 2 aliphatic carbocycles. The van der Waals surface area contributed by atoms with E-state index < -0.39 is 52.6 Å². The lowest BCUT2D eigenvalue weighted by molar-refractivity contribution is -0.163. The van der Waals surface area contributed by atoms with Gasteiger partial charge in [-0.25, -0.2) is 4.39 Å². The molecule has 0 saturated heterocycles. The van der Waals surface area contributed by atoms with Crippen LogP contribution in [0.15, 0.2) is 42.5 Å². The van der Waals surface area contributed by atoms with Crippen molar-refractivity contribution in [3.63, 3.8) is 0 Å². The van der Waals surface area contributed by atoms with Gasteiger partial charge in [0.1, 0.15) is 17.0 Å². The average molecular weight is 618 g/mol. The lowest BCUT2D eigenvalue weighted by Gasteiger charge is -2.34. The molecule has 0 amide bonds. The van der Waals surface area contributed by atoms with Crippen LogP contribution in [0.1, 0.15) is 100 Å². The molecule has 11 heteroatoms. The minimum atomic E-state index is -4.97. The number of carbonyl (C=O) groups is 1. The molecule has 0 spiro atoms. The first kappa shape index (κ1) is 33.2. The highest BCUT2D eigenvalue weighted by Crippen LogP contribution is 2.45. The summed E-state index contributed by atoms with van der Waals surface area (Å²) in [6, 6.07) is 7.31. The molecule has 0 heterocycles. The number of carbonyl (C=O) groups excluding carboxylic acids is 1. The molecule has 0 aromatic heterocycles. The van der Waals surface area contributed by atoms with Crippen molar-refractivity contribution in [1.82, 2.24) is 5.32 Å². The Balaban J connectivity index is 1.59. The van der Waals surface area contributed by atoms with Crippen LogP contribution >= 0.6 is 0 Å². The lowest BCUT2D eigenvalue weighted by Crippen LogP contribution is -2.54. The van der Waals surface area contributed by atoms with Crippen molar-refractivity contribution < 1.29 is 45.0 Å². The summed E-state index contributed by atoms with van der Waals surface area (Å²) in [5.41, 5.74) is -3.82. The first-order valence-electron chi connectivity index (χ1n) is 14.6. The summed E-state index contributed by atoms with van der Waals surface area (Å²) in [5, 5.41) is 3.47. The molecule has 1 N–H and O–H groups in total. The number of ether oxygens (including phenoxy) is 2. The van der Waals surface area contributed by atoms with Gasteiger partial charge in [-0.1, -0.05) is 25.0 Å². The fraction of sp³-hybridized carbons (Fsp3) is 0.594. The van der Waals surface area contributed by atoms with E-state index >= 15 is 0 Å². The molecule has 43 heavy (non-hydrogen) atoms. The Morgan fingerprint density at radius 2 is 1.49 bits per heavy atom. The third-order valence-corrected chi connectivity index (χ3v) is 8.39. The predicted molar refractivity (Wildman–Crippen MR) is 147 cm³/mol. The number of alkyl halides is 6. The quantitative estimate of drug-likeness (QED) is 0.238. The predicted octanol–water partition coefficient (Wildman–Crippen LogP) is 8.75. The molecule has 2 saturated carbocycles. The highest BCUT2D eigenvalue weighted by Gasteiger charge is 2.46. The molecule has 2 aliphatic rings. The minimum Gasteiger partial charge on any atom is -0.459 e. The van der Waals surface area contributed by atoms with E-state index in [1.54, 1.807) is 32.9 Å². The second kappa shape index (κ2) is 12.4. The molecule has 238 valence electrons. The van der Waals surface area contributed by atoms with Crippen LogP contribution < -0.4 is 5.32 Å². The highest BCUT2D eigenvalue weighted by atomic mass is 19.4. The van der Waals surface area contributed by atoms with Gasteiger partial charge in [0, 0.05) is 5.92 Å². The van der Waals surface area contributed by atoms with Gasteiger partial charge in [-0.3, -0.25) is 4.79 Å². The molecule has 4 atom stereocenters. The molecule has 4 rings (SSSR count). The maximum Gasteiger partial charge on any atom is 0.416 e. The minimum absolute atomic E-state index is 0.0956. The van der Waals surface area contributed by atoms with Gasteiger partial charge in [-0.15, -0.1) is 0 Å². The van der Waals surface area contributed by atoms with Gasteiger partial charge in [-0.05, 0) is 107 Å². The Morgan fingerprint density at radius 3 is 2.00 bits per heavy atom.